The summed E-state index contributed by atoms with van der Waals surface area (Å²) >= 11 is 18.3. The number of benzene rings is 1. The Kier molecular flexibility index (Phi) is 8.12. The third-order valence-electron chi connectivity index (χ3n) is 3.11. The summed E-state index contributed by atoms with van der Waals surface area (Å²) in [5.41, 5.74) is 0.751. The highest BCUT2D eigenvalue weighted by atomic mass is 35.5. The van der Waals surface area contributed by atoms with E-state index in [4.69, 9.17) is 44.3 Å². The Balaban J connectivity index is 2.68. The number of ether oxygens (including phenoxy) is 2. The zero-order valence-corrected chi connectivity index (χ0v) is 13.3. The van der Waals surface area contributed by atoms with Crippen LogP contribution in [-0.2, 0) is 14.9 Å². The Morgan fingerprint density at radius 2 is 1.84 bits per heavy atom. The molecule has 0 aliphatic heterocycles. The lowest BCUT2D eigenvalue weighted by Crippen LogP contribution is -2.32. The van der Waals surface area contributed by atoms with Crippen LogP contribution < -0.4 is 0 Å². The van der Waals surface area contributed by atoms with Crippen molar-refractivity contribution in [3.63, 3.8) is 0 Å². The quantitative estimate of drug-likeness (QED) is 0.502. The standard InChI is InChI=1S/C14H19Cl3O2/c1-18-7-8-19-6-5-14(10-15,11-16)12-3-2-4-13(17)9-12/h2-4,9H,5-8,10-11H2,1H3. The van der Waals surface area contributed by atoms with Crippen molar-refractivity contribution in [2.75, 3.05) is 38.7 Å². The predicted molar refractivity (Wildman–Crippen MR) is 81.9 cm³/mol. The van der Waals surface area contributed by atoms with Gasteiger partial charge < -0.3 is 9.47 Å². The van der Waals surface area contributed by atoms with Gasteiger partial charge in [-0.1, -0.05) is 23.7 Å². The van der Waals surface area contributed by atoms with Crippen molar-refractivity contribution in [2.24, 2.45) is 0 Å². The first-order chi connectivity index (χ1) is 9.18. The van der Waals surface area contributed by atoms with Crippen LogP contribution in [-0.4, -0.2) is 38.7 Å². The number of hydrogen-bond donors (Lipinski definition) is 0. The summed E-state index contributed by atoms with van der Waals surface area (Å²) in [6, 6.07) is 7.68. The first-order valence-electron chi connectivity index (χ1n) is 6.13. The molecule has 0 spiro atoms. The molecule has 19 heavy (non-hydrogen) atoms. The Hall–Kier alpha value is 0.01000. The Labute approximate surface area is 129 Å². The highest BCUT2D eigenvalue weighted by Gasteiger charge is 2.30. The fraction of sp³-hybridized carbons (Fsp3) is 0.571. The maximum Gasteiger partial charge on any atom is 0.0700 e. The van der Waals surface area contributed by atoms with Gasteiger partial charge in [-0.25, -0.2) is 0 Å². The molecule has 1 aromatic carbocycles. The van der Waals surface area contributed by atoms with Gasteiger partial charge in [0, 0.05) is 35.9 Å². The lowest BCUT2D eigenvalue weighted by atomic mass is 9.81. The molecule has 0 aliphatic rings. The molecule has 5 heteroatoms. The normalized spacial score (nSPS) is 11.8. The van der Waals surface area contributed by atoms with E-state index in [9.17, 15) is 0 Å². The van der Waals surface area contributed by atoms with Gasteiger partial charge in [0.1, 0.15) is 0 Å². The summed E-state index contributed by atoms with van der Waals surface area (Å²) in [4.78, 5) is 0. The van der Waals surface area contributed by atoms with Crippen LogP contribution in [0.4, 0.5) is 0 Å². The van der Waals surface area contributed by atoms with Crippen LogP contribution in [0.3, 0.4) is 0 Å². The molecule has 0 fully saturated rings. The molecule has 0 amide bonds. The van der Waals surface area contributed by atoms with Crippen LogP contribution in [0.5, 0.6) is 0 Å². The molecule has 108 valence electrons. The largest absolute Gasteiger partial charge is 0.382 e. The summed E-state index contributed by atoms with van der Waals surface area (Å²) in [5, 5.41) is 0.692. The lowest BCUT2D eigenvalue weighted by Gasteiger charge is -2.30. The Bertz CT molecular complexity index is 367. The molecule has 0 aliphatic carbocycles. The molecular formula is C14H19Cl3O2. The predicted octanol–water partition coefficient (Wildman–Crippen LogP) is 4.11. The van der Waals surface area contributed by atoms with Crippen LogP contribution in [0, 0.1) is 0 Å². The minimum atomic E-state index is -0.304. The van der Waals surface area contributed by atoms with Crippen molar-refractivity contribution in [3.8, 4) is 0 Å². The molecule has 0 bridgehead atoms. The third kappa shape index (κ3) is 5.13. The van der Waals surface area contributed by atoms with Gasteiger partial charge in [0.2, 0.25) is 0 Å². The van der Waals surface area contributed by atoms with Gasteiger partial charge >= 0.3 is 0 Å². The topological polar surface area (TPSA) is 18.5 Å². The second-order valence-electron chi connectivity index (χ2n) is 4.41. The lowest BCUT2D eigenvalue weighted by molar-refractivity contribution is 0.0632. The second-order valence-corrected chi connectivity index (χ2v) is 5.38. The Morgan fingerprint density at radius 1 is 1.11 bits per heavy atom. The zero-order chi connectivity index (χ0) is 14.1. The SMILES string of the molecule is COCCOCCC(CCl)(CCl)c1cccc(Cl)c1. The highest BCUT2D eigenvalue weighted by Crippen LogP contribution is 2.32. The van der Waals surface area contributed by atoms with Gasteiger partial charge in [-0.15, -0.1) is 23.2 Å². The summed E-state index contributed by atoms with van der Waals surface area (Å²) < 4.78 is 10.4. The monoisotopic (exact) mass is 324 g/mol. The van der Waals surface area contributed by atoms with E-state index in [1.807, 2.05) is 24.3 Å². The van der Waals surface area contributed by atoms with Crippen LogP contribution >= 0.6 is 34.8 Å². The van der Waals surface area contributed by atoms with Gasteiger partial charge in [0.05, 0.1) is 13.2 Å². The number of methoxy groups -OCH3 is 1. The van der Waals surface area contributed by atoms with Crippen molar-refractivity contribution < 1.29 is 9.47 Å². The van der Waals surface area contributed by atoms with Crippen molar-refractivity contribution in [1.82, 2.24) is 0 Å². The average molecular weight is 326 g/mol. The van der Waals surface area contributed by atoms with Crippen LogP contribution in [0.2, 0.25) is 5.02 Å². The number of rotatable bonds is 9. The summed E-state index contributed by atoms with van der Waals surface area (Å²) in [6.45, 7) is 1.76. The number of alkyl halides is 2. The summed E-state index contributed by atoms with van der Waals surface area (Å²) in [5.74, 6) is 0.870. The summed E-state index contributed by atoms with van der Waals surface area (Å²) in [6.07, 6.45) is 0.754. The minimum Gasteiger partial charge on any atom is -0.382 e. The molecule has 2 nitrogen and oxygen atoms in total. The molecule has 0 saturated heterocycles. The van der Waals surface area contributed by atoms with E-state index in [0.717, 1.165) is 12.0 Å². The summed E-state index contributed by atoms with van der Waals surface area (Å²) in [7, 11) is 1.65. The van der Waals surface area contributed by atoms with Crippen molar-refractivity contribution in [2.45, 2.75) is 11.8 Å². The van der Waals surface area contributed by atoms with Gasteiger partial charge in [-0.3, -0.25) is 0 Å². The zero-order valence-electron chi connectivity index (χ0n) is 11.0. The van der Waals surface area contributed by atoms with Crippen molar-refractivity contribution >= 4 is 34.8 Å². The smallest absolute Gasteiger partial charge is 0.0700 e. The first-order valence-corrected chi connectivity index (χ1v) is 7.58. The maximum atomic E-state index is 6.14. The van der Waals surface area contributed by atoms with Gasteiger partial charge in [-0.05, 0) is 24.1 Å². The van der Waals surface area contributed by atoms with Gasteiger partial charge in [0.25, 0.3) is 0 Å². The Morgan fingerprint density at radius 3 is 2.42 bits per heavy atom. The minimum absolute atomic E-state index is 0.304. The molecule has 1 aromatic rings. The average Bonchev–Trinajstić information content (AvgIpc) is 2.43. The van der Waals surface area contributed by atoms with Crippen LogP contribution in [0.1, 0.15) is 12.0 Å². The van der Waals surface area contributed by atoms with Gasteiger partial charge in [-0.2, -0.15) is 0 Å². The number of hydrogen-bond acceptors (Lipinski definition) is 2. The fourth-order valence-corrected chi connectivity index (χ4v) is 2.85. The van der Waals surface area contributed by atoms with Crippen molar-refractivity contribution in [3.05, 3.63) is 34.9 Å². The van der Waals surface area contributed by atoms with Gasteiger partial charge in [0.15, 0.2) is 0 Å². The number of halogens is 3. The molecule has 1 rings (SSSR count). The van der Waals surface area contributed by atoms with E-state index in [-0.39, 0.29) is 5.41 Å². The van der Waals surface area contributed by atoms with Crippen LogP contribution in [0.15, 0.2) is 24.3 Å². The second kappa shape index (κ2) is 9.04. The van der Waals surface area contributed by atoms with E-state index in [2.05, 4.69) is 0 Å². The molecule has 0 N–H and O–H groups in total. The van der Waals surface area contributed by atoms with E-state index in [1.54, 1.807) is 7.11 Å². The molecule has 0 atom stereocenters. The molecule has 0 heterocycles. The van der Waals surface area contributed by atoms with Crippen molar-refractivity contribution in [1.29, 1.82) is 0 Å². The molecule has 0 aromatic heterocycles. The third-order valence-corrected chi connectivity index (χ3v) is 4.36. The fourth-order valence-electron chi connectivity index (χ4n) is 1.80. The van der Waals surface area contributed by atoms with E-state index < -0.39 is 0 Å². The first kappa shape index (κ1) is 17.1. The van der Waals surface area contributed by atoms with E-state index in [0.29, 0.717) is 36.6 Å². The van der Waals surface area contributed by atoms with Crippen LogP contribution in [0.25, 0.3) is 0 Å². The molecule has 0 saturated carbocycles. The van der Waals surface area contributed by atoms with E-state index >= 15 is 0 Å². The molecule has 0 unspecified atom stereocenters. The van der Waals surface area contributed by atoms with E-state index in [1.165, 1.54) is 0 Å². The highest BCUT2D eigenvalue weighted by molar-refractivity contribution is 6.30. The molecular weight excluding hydrogens is 307 g/mol. The molecule has 0 radical (unpaired) electrons. The maximum absolute atomic E-state index is 6.14.